The van der Waals surface area contributed by atoms with Crippen molar-refractivity contribution in [3.63, 3.8) is 0 Å². The third-order valence-electron chi connectivity index (χ3n) is 0.127. The van der Waals surface area contributed by atoms with E-state index in [1.807, 2.05) is 0 Å². The maximum Gasteiger partial charge on any atom is 1.00 e. The fourth-order valence-electron chi connectivity index (χ4n) is 0. The number of rotatable bonds is 0. The molecule has 0 aliphatic heterocycles. The molecule has 0 fully saturated rings. The smallest absolute Gasteiger partial charge is 1.00 e. The van der Waals surface area contributed by atoms with Crippen molar-refractivity contribution < 1.29 is 33.5 Å². The molecule has 1 N–H and O–H groups in total. The fraction of sp³-hybridized carbons (Fsp3) is 1.00. The Labute approximate surface area is 51.3 Å². The van der Waals surface area contributed by atoms with E-state index < -0.39 is 6.30 Å². The first kappa shape index (κ1) is 10.1. The van der Waals surface area contributed by atoms with E-state index in [0.29, 0.717) is 0 Å². The maximum absolute atomic E-state index is 10.4. The summed E-state index contributed by atoms with van der Waals surface area (Å²) >= 11 is 0. The summed E-state index contributed by atoms with van der Waals surface area (Å²) < 4.78 is 31.3. The van der Waals surface area contributed by atoms with Crippen LogP contribution in [-0.4, -0.2) is 6.30 Å². The Bertz CT molecular complexity index is 62.8. The quantitative estimate of drug-likeness (QED) is 0.225. The predicted octanol–water partition coefficient (Wildman–Crippen LogP) is -1.35. The minimum atomic E-state index is -4.67. The van der Waals surface area contributed by atoms with Gasteiger partial charge in [0.15, 0.2) is 0 Å². The van der Waals surface area contributed by atoms with Crippen LogP contribution in [0.1, 0.15) is 1.43 Å². The first-order valence-corrected chi connectivity index (χ1v) is 1.01. The van der Waals surface area contributed by atoms with Gasteiger partial charge in [-0.2, -0.15) is 0 Å². The maximum atomic E-state index is 10.4. The van der Waals surface area contributed by atoms with Crippen LogP contribution in [0.15, 0.2) is 5.11 Å². The minimum absolute atomic E-state index is 0. The molecule has 0 atom stereocenters. The first-order chi connectivity index (χ1) is 2.56. The van der Waals surface area contributed by atoms with Crippen LogP contribution >= 0.6 is 0 Å². The summed E-state index contributed by atoms with van der Waals surface area (Å²) in [5.74, 6) is 0. The molecule has 0 aromatic heterocycles. The largest absolute Gasteiger partial charge is 1.00 e. The minimum Gasteiger partial charge on any atom is -1.00 e. The molecule has 38 valence electrons. The van der Waals surface area contributed by atoms with Gasteiger partial charge >= 0.3 is 25.2 Å². The normalized spacial score (nSPS) is 9.57. The van der Waals surface area contributed by atoms with E-state index in [-0.39, 0.29) is 20.3 Å². The Morgan fingerprint density at radius 2 is 1.57 bits per heavy atom. The second-order valence-electron chi connectivity index (χ2n) is 0.580. The number of hydrogen-bond acceptors (Lipinski definition) is 2. The zero-order valence-electron chi connectivity index (χ0n) is 4.58. The van der Waals surface area contributed by atoms with Crippen molar-refractivity contribution in [1.29, 1.82) is 5.53 Å². The van der Waals surface area contributed by atoms with Gasteiger partial charge < -0.3 is 1.43 Å². The number of hydrogen-bond donors (Lipinski definition) is 1. The van der Waals surface area contributed by atoms with Gasteiger partial charge in [-0.1, -0.05) is 5.11 Å². The Hall–Kier alpha value is -0.0126. The molecule has 0 aromatic carbocycles. The van der Waals surface area contributed by atoms with Gasteiger partial charge in [-0.25, -0.2) is 5.53 Å². The molecule has 0 spiro atoms. The van der Waals surface area contributed by atoms with E-state index in [4.69, 9.17) is 5.53 Å². The summed E-state index contributed by atoms with van der Waals surface area (Å²) in [6.07, 6.45) is -4.67. The molecular weight excluding hydrogens is 104 g/mol. The van der Waals surface area contributed by atoms with Crippen LogP contribution in [0.4, 0.5) is 13.2 Å². The zero-order chi connectivity index (χ0) is 5.21. The van der Waals surface area contributed by atoms with E-state index in [2.05, 4.69) is 0 Å². The standard InChI is InChI=1S/CHF3N2.Li.H/c2-1(3,4)6-5;;/h5H;;/q;+1;-1. The summed E-state index contributed by atoms with van der Waals surface area (Å²) in [5, 5.41) is 1.27. The molecule has 0 saturated carbocycles. The summed E-state index contributed by atoms with van der Waals surface area (Å²) in [7, 11) is 0. The van der Waals surface area contributed by atoms with Crippen LogP contribution in [0.3, 0.4) is 0 Å². The first-order valence-electron chi connectivity index (χ1n) is 1.01. The topological polar surface area (TPSA) is 36.2 Å². The van der Waals surface area contributed by atoms with E-state index >= 15 is 0 Å². The van der Waals surface area contributed by atoms with Crippen LogP contribution in [0.2, 0.25) is 0 Å². The second-order valence-corrected chi connectivity index (χ2v) is 0.580. The van der Waals surface area contributed by atoms with Gasteiger partial charge in [0.2, 0.25) is 0 Å². The van der Waals surface area contributed by atoms with Crippen molar-refractivity contribution >= 4 is 0 Å². The van der Waals surface area contributed by atoms with Crippen LogP contribution in [0, 0.1) is 5.53 Å². The molecule has 0 saturated heterocycles. The van der Waals surface area contributed by atoms with Gasteiger partial charge in [0.1, 0.15) is 0 Å². The van der Waals surface area contributed by atoms with Gasteiger partial charge in [0.25, 0.3) is 0 Å². The van der Waals surface area contributed by atoms with Crippen LogP contribution in [0.5, 0.6) is 0 Å². The Balaban J connectivity index is -0.000000125. The summed E-state index contributed by atoms with van der Waals surface area (Å²) in [6.45, 7) is 0. The third kappa shape index (κ3) is 10.7. The molecule has 0 aliphatic carbocycles. The molecule has 0 unspecified atom stereocenters. The molecule has 0 heterocycles. The molecule has 0 rings (SSSR count). The molecular formula is CH2F3LiN2. The van der Waals surface area contributed by atoms with Crippen LogP contribution in [-0.2, 0) is 0 Å². The molecule has 6 heteroatoms. The van der Waals surface area contributed by atoms with Gasteiger partial charge in [-0.05, 0) is 0 Å². The van der Waals surface area contributed by atoms with Gasteiger partial charge in [0.05, 0.1) is 0 Å². The second kappa shape index (κ2) is 3.05. The fourth-order valence-corrected chi connectivity index (χ4v) is 0. The Morgan fingerprint density at radius 3 is 1.57 bits per heavy atom. The summed E-state index contributed by atoms with van der Waals surface area (Å²) in [6, 6.07) is 0. The van der Waals surface area contributed by atoms with Crippen molar-refractivity contribution in [3.05, 3.63) is 0 Å². The van der Waals surface area contributed by atoms with Crippen molar-refractivity contribution in [3.8, 4) is 0 Å². The third-order valence-corrected chi connectivity index (χ3v) is 0.127. The van der Waals surface area contributed by atoms with Crippen molar-refractivity contribution in [2.24, 2.45) is 5.11 Å². The summed E-state index contributed by atoms with van der Waals surface area (Å²) in [4.78, 5) is 0. The van der Waals surface area contributed by atoms with Crippen molar-refractivity contribution in [2.45, 2.75) is 6.30 Å². The van der Waals surface area contributed by atoms with Crippen LogP contribution in [0.25, 0.3) is 0 Å². The molecule has 2 nitrogen and oxygen atoms in total. The van der Waals surface area contributed by atoms with E-state index in [1.54, 1.807) is 0 Å². The predicted molar refractivity (Wildman–Crippen MR) is 12.3 cm³/mol. The average Bonchev–Trinajstić information content (AvgIpc) is 1.35. The molecule has 0 radical (unpaired) electrons. The number of nitrogens with one attached hydrogen (secondary N) is 1. The zero-order valence-corrected chi connectivity index (χ0v) is 3.58. The number of alkyl halides is 3. The monoisotopic (exact) mass is 106 g/mol. The molecule has 0 aliphatic rings. The van der Waals surface area contributed by atoms with Gasteiger partial charge in [-0.15, -0.1) is 13.2 Å². The molecule has 0 bridgehead atoms. The van der Waals surface area contributed by atoms with E-state index in [0.717, 1.165) is 0 Å². The average molecular weight is 106 g/mol. The van der Waals surface area contributed by atoms with Gasteiger partial charge in [0, 0.05) is 0 Å². The molecule has 0 amide bonds. The number of halogens is 3. The van der Waals surface area contributed by atoms with Crippen molar-refractivity contribution in [2.75, 3.05) is 0 Å². The Morgan fingerprint density at radius 1 is 1.43 bits per heavy atom. The van der Waals surface area contributed by atoms with Crippen LogP contribution < -0.4 is 18.9 Å². The SMILES string of the molecule is N=NC(F)(F)F.[H-].[Li+]. The van der Waals surface area contributed by atoms with E-state index in [1.165, 1.54) is 5.11 Å². The van der Waals surface area contributed by atoms with Gasteiger partial charge in [-0.3, -0.25) is 0 Å². The Kier molecular flexibility index (Phi) is 4.39. The number of nitrogens with zero attached hydrogens (tertiary/aromatic N) is 1. The molecule has 0 aromatic rings. The molecule has 7 heavy (non-hydrogen) atoms. The van der Waals surface area contributed by atoms with Crippen molar-refractivity contribution in [1.82, 2.24) is 0 Å². The summed E-state index contributed by atoms with van der Waals surface area (Å²) in [5.41, 5.74) is 5.35. The van der Waals surface area contributed by atoms with E-state index in [9.17, 15) is 13.2 Å².